The predicted octanol–water partition coefficient (Wildman–Crippen LogP) is 1.58. The van der Waals surface area contributed by atoms with Crippen molar-refractivity contribution in [1.29, 1.82) is 0 Å². The summed E-state index contributed by atoms with van der Waals surface area (Å²) in [4.78, 5) is 20.0. The van der Waals surface area contributed by atoms with Crippen molar-refractivity contribution in [3.8, 4) is 0 Å². The summed E-state index contributed by atoms with van der Waals surface area (Å²) in [5.41, 5.74) is 6.28. The lowest BCUT2D eigenvalue weighted by atomic mass is 10.2. The third-order valence-corrected chi connectivity index (χ3v) is 3.17. The van der Waals surface area contributed by atoms with E-state index in [9.17, 15) is 4.79 Å². The highest BCUT2D eigenvalue weighted by atomic mass is 16.6. The minimum atomic E-state index is -0.219. The number of rotatable bonds is 3. The minimum absolute atomic E-state index is 0.219. The Kier molecular flexibility index (Phi) is 4.65. The summed E-state index contributed by atoms with van der Waals surface area (Å²) in [6, 6.07) is 3.74. The van der Waals surface area contributed by atoms with Crippen LogP contribution in [0.2, 0.25) is 0 Å². The highest BCUT2D eigenvalue weighted by Gasteiger charge is 2.22. The monoisotopic (exact) mass is 278 g/mol. The van der Waals surface area contributed by atoms with Crippen LogP contribution in [0, 0.1) is 5.92 Å². The number of nitrogen functional groups attached to an aromatic ring is 1. The Balaban J connectivity index is 1.83. The molecule has 0 radical (unpaired) electrons. The van der Waals surface area contributed by atoms with Gasteiger partial charge in [-0.25, -0.2) is 9.78 Å². The smallest absolute Gasteiger partial charge is 0.409 e. The number of carbonyl (C=O) groups is 1. The molecule has 1 saturated heterocycles. The molecule has 0 spiro atoms. The zero-order valence-electron chi connectivity index (χ0n) is 12.1. The van der Waals surface area contributed by atoms with E-state index in [0.717, 1.165) is 18.9 Å². The molecule has 2 heterocycles. The van der Waals surface area contributed by atoms with Crippen LogP contribution in [0.4, 0.5) is 16.3 Å². The fourth-order valence-corrected chi connectivity index (χ4v) is 2.03. The molecule has 1 aromatic heterocycles. The number of nitrogens with zero attached hydrogens (tertiary/aromatic N) is 3. The van der Waals surface area contributed by atoms with Crippen molar-refractivity contribution in [3.63, 3.8) is 0 Å². The van der Waals surface area contributed by atoms with Crippen molar-refractivity contribution in [2.24, 2.45) is 5.92 Å². The van der Waals surface area contributed by atoms with Gasteiger partial charge in [-0.15, -0.1) is 0 Å². The van der Waals surface area contributed by atoms with Gasteiger partial charge in [0.15, 0.2) is 0 Å². The van der Waals surface area contributed by atoms with Gasteiger partial charge in [0.2, 0.25) is 0 Å². The number of carbonyl (C=O) groups excluding carboxylic acids is 1. The van der Waals surface area contributed by atoms with Crippen LogP contribution in [0.1, 0.15) is 13.8 Å². The first-order valence-electron chi connectivity index (χ1n) is 6.94. The third-order valence-electron chi connectivity index (χ3n) is 3.17. The largest absolute Gasteiger partial charge is 0.449 e. The van der Waals surface area contributed by atoms with Gasteiger partial charge in [-0.05, 0) is 18.1 Å². The normalized spacial score (nSPS) is 15.6. The van der Waals surface area contributed by atoms with Gasteiger partial charge in [-0.2, -0.15) is 0 Å². The maximum atomic E-state index is 11.8. The van der Waals surface area contributed by atoms with Gasteiger partial charge in [0.1, 0.15) is 5.82 Å². The highest BCUT2D eigenvalue weighted by Crippen LogP contribution is 2.15. The van der Waals surface area contributed by atoms with E-state index >= 15 is 0 Å². The first-order chi connectivity index (χ1) is 9.56. The average Bonchev–Trinajstić information content (AvgIpc) is 2.46. The molecule has 2 rings (SSSR count). The minimum Gasteiger partial charge on any atom is -0.449 e. The van der Waals surface area contributed by atoms with Crippen LogP contribution in [0.5, 0.6) is 0 Å². The lowest BCUT2D eigenvalue weighted by Gasteiger charge is -2.34. The Morgan fingerprint density at radius 3 is 2.60 bits per heavy atom. The number of anilines is 2. The van der Waals surface area contributed by atoms with E-state index in [-0.39, 0.29) is 6.09 Å². The Bertz CT molecular complexity index is 439. The zero-order chi connectivity index (χ0) is 14.5. The summed E-state index contributed by atoms with van der Waals surface area (Å²) >= 11 is 0. The number of hydrogen-bond acceptors (Lipinski definition) is 5. The summed E-state index contributed by atoms with van der Waals surface area (Å²) in [7, 11) is 0. The molecule has 0 aliphatic carbocycles. The highest BCUT2D eigenvalue weighted by molar-refractivity contribution is 5.68. The van der Waals surface area contributed by atoms with Crippen LogP contribution in [0.3, 0.4) is 0 Å². The zero-order valence-corrected chi connectivity index (χ0v) is 12.1. The van der Waals surface area contributed by atoms with Crippen molar-refractivity contribution in [3.05, 3.63) is 18.3 Å². The van der Waals surface area contributed by atoms with E-state index < -0.39 is 0 Å². The second kappa shape index (κ2) is 6.45. The second-order valence-electron chi connectivity index (χ2n) is 5.39. The molecule has 0 aromatic carbocycles. The van der Waals surface area contributed by atoms with E-state index in [1.807, 2.05) is 26.0 Å². The molecule has 1 fully saturated rings. The quantitative estimate of drug-likeness (QED) is 0.909. The van der Waals surface area contributed by atoms with Crippen LogP contribution >= 0.6 is 0 Å². The molecule has 110 valence electrons. The maximum absolute atomic E-state index is 11.8. The molecule has 0 bridgehead atoms. The Hall–Kier alpha value is -1.98. The van der Waals surface area contributed by atoms with E-state index in [0.29, 0.717) is 31.3 Å². The molecule has 0 saturated carbocycles. The fraction of sp³-hybridized carbons (Fsp3) is 0.571. The molecule has 1 amide bonds. The Morgan fingerprint density at radius 2 is 2.05 bits per heavy atom. The summed E-state index contributed by atoms with van der Waals surface area (Å²) in [5, 5.41) is 0. The van der Waals surface area contributed by atoms with E-state index in [1.54, 1.807) is 11.1 Å². The SMILES string of the molecule is CC(C)COC(=O)N1CCN(c2ccc(N)cn2)CC1. The van der Waals surface area contributed by atoms with Crippen molar-refractivity contribution in [1.82, 2.24) is 9.88 Å². The van der Waals surface area contributed by atoms with E-state index in [2.05, 4.69) is 9.88 Å². The fourth-order valence-electron chi connectivity index (χ4n) is 2.03. The van der Waals surface area contributed by atoms with Gasteiger partial charge < -0.3 is 20.3 Å². The van der Waals surface area contributed by atoms with Crippen molar-refractivity contribution < 1.29 is 9.53 Å². The number of aromatic nitrogens is 1. The molecular weight excluding hydrogens is 256 g/mol. The molecule has 6 heteroatoms. The molecule has 1 aliphatic heterocycles. The van der Waals surface area contributed by atoms with Gasteiger partial charge in [0, 0.05) is 26.2 Å². The standard InChI is InChI=1S/C14H22N4O2/c1-11(2)10-20-14(19)18-7-5-17(6-8-18)13-4-3-12(15)9-16-13/h3-4,9,11H,5-8,10,15H2,1-2H3. The Morgan fingerprint density at radius 1 is 1.35 bits per heavy atom. The van der Waals surface area contributed by atoms with Gasteiger partial charge >= 0.3 is 6.09 Å². The van der Waals surface area contributed by atoms with Crippen LogP contribution in [-0.2, 0) is 4.74 Å². The maximum Gasteiger partial charge on any atom is 0.409 e. The van der Waals surface area contributed by atoms with Crippen molar-refractivity contribution >= 4 is 17.6 Å². The molecule has 0 unspecified atom stereocenters. The van der Waals surface area contributed by atoms with Crippen LogP contribution in [0.25, 0.3) is 0 Å². The first kappa shape index (κ1) is 14.4. The Labute approximate surface area is 119 Å². The van der Waals surface area contributed by atoms with Crippen molar-refractivity contribution in [2.75, 3.05) is 43.4 Å². The number of hydrogen-bond donors (Lipinski definition) is 1. The number of pyridine rings is 1. The van der Waals surface area contributed by atoms with E-state index in [4.69, 9.17) is 10.5 Å². The molecule has 2 N–H and O–H groups in total. The average molecular weight is 278 g/mol. The van der Waals surface area contributed by atoms with E-state index in [1.165, 1.54) is 0 Å². The number of amides is 1. The van der Waals surface area contributed by atoms with Crippen molar-refractivity contribution in [2.45, 2.75) is 13.8 Å². The van der Waals surface area contributed by atoms with Crippen LogP contribution < -0.4 is 10.6 Å². The topological polar surface area (TPSA) is 71.7 Å². The predicted molar refractivity (Wildman–Crippen MR) is 78.6 cm³/mol. The lowest BCUT2D eigenvalue weighted by molar-refractivity contribution is 0.0901. The number of piperazine rings is 1. The summed E-state index contributed by atoms with van der Waals surface area (Å²) in [6.07, 6.45) is 1.43. The molecule has 20 heavy (non-hydrogen) atoms. The lowest BCUT2D eigenvalue weighted by Crippen LogP contribution is -2.49. The molecule has 0 atom stereocenters. The molecule has 1 aromatic rings. The van der Waals surface area contributed by atoms with Gasteiger partial charge in [-0.3, -0.25) is 0 Å². The summed E-state index contributed by atoms with van der Waals surface area (Å²) in [5.74, 6) is 1.26. The van der Waals surface area contributed by atoms with Gasteiger partial charge in [-0.1, -0.05) is 13.8 Å². The van der Waals surface area contributed by atoms with Gasteiger partial charge in [0.25, 0.3) is 0 Å². The van der Waals surface area contributed by atoms with Gasteiger partial charge in [0.05, 0.1) is 18.5 Å². The number of nitrogens with two attached hydrogens (primary N) is 1. The second-order valence-corrected chi connectivity index (χ2v) is 5.39. The third kappa shape index (κ3) is 3.76. The summed E-state index contributed by atoms with van der Waals surface area (Å²) in [6.45, 7) is 7.35. The molecule has 6 nitrogen and oxygen atoms in total. The summed E-state index contributed by atoms with van der Waals surface area (Å²) < 4.78 is 5.24. The molecular formula is C14H22N4O2. The molecule has 1 aliphatic rings. The van der Waals surface area contributed by atoms with Crippen LogP contribution in [-0.4, -0.2) is 48.8 Å². The number of ether oxygens (including phenoxy) is 1. The van der Waals surface area contributed by atoms with Crippen LogP contribution in [0.15, 0.2) is 18.3 Å². The first-order valence-corrected chi connectivity index (χ1v) is 6.94.